The van der Waals surface area contributed by atoms with Crippen molar-refractivity contribution in [3.63, 3.8) is 0 Å². The van der Waals surface area contributed by atoms with Gasteiger partial charge < -0.3 is 0 Å². The highest BCUT2D eigenvalue weighted by molar-refractivity contribution is 8.12. The van der Waals surface area contributed by atoms with Gasteiger partial charge in [0, 0.05) is 6.54 Å². The monoisotopic (exact) mass is 118 g/mol. The lowest BCUT2D eigenvalue weighted by atomic mass is 10.8. The van der Waals surface area contributed by atoms with E-state index in [2.05, 4.69) is 5.32 Å². The van der Waals surface area contributed by atoms with Gasteiger partial charge in [0.2, 0.25) is 0 Å². The maximum atomic E-state index is 10.2. The molecule has 0 rings (SSSR count). The minimum absolute atomic E-state index is 0.0810. The topological polar surface area (TPSA) is 31.2 Å². The normalized spacial score (nSPS) is 8.29. The van der Waals surface area contributed by atoms with Gasteiger partial charge in [0.05, 0.1) is 0 Å². The Hall–Kier alpha value is -0.180. The predicted molar refractivity (Wildman–Crippen MR) is 31.6 cm³/mol. The first-order valence-electron chi connectivity index (χ1n) is 2.06. The summed E-state index contributed by atoms with van der Waals surface area (Å²) in [5.41, 5.74) is 0. The third kappa shape index (κ3) is 3.66. The predicted octanol–water partition coefficient (Wildman–Crippen LogP) is 1.09. The summed E-state index contributed by atoms with van der Waals surface area (Å²) in [4.78, 5) is 10.2. The van der Waals surface area contributed by atoms with E-state index in [1.54, 1.807) is 6.26 Å². The molecule has 0 unspecified atom stereocenters. The van der Waals surface area contributed by atoms with Gasteiger partial charge in [-0.3, -0.25) is 4.79 Å². The van der Waals surface area contributed by atoms with Crippen LogP contribution in [0.15, 0.2) is 0 Å². The molecule has 1 radical (unpaired) electrons. The molecule has 0 spiro atoms. The summed E-state index contributed by atoms with van der Waals surface area (Å²) in [5, 5.41) is 3.49. The molecular weight excluding hydrogens is 110 g/mol. The van der Waals surface area contributed by atoms with E-state index in [1.165, 1.54) is 0 Å². The fraction of sp³-hybridized carbons (Fsp3) is 0.750. The van der Waals surface area contributed by atoms with Gasteiger partial charge >= 0.3 is 0 Å². The second-order valence-electron chi connectivity index (χ2n) is 0.944. The molecule has 0 aromatic carbocycles. The van der Waals surface area contributed by atoms with Crippen molar-refractivity contribution in [3.8, 4) is 0 Å². The number of hydrogen-bond donors (Lipinski definition) is 0. The first kappa shape index (κ1) is 6.82. The van der Waals surface area contributed by atoms with Crippen LogP contribution in [0.2, 0.25) is 0 Å². The van der Waals surface area contributed by atoms with E-state index in [9.17, 15) is 4.79 Å². The molecule has 3 heteroatoms. The van der Waals surface area contributed by atoms with Gasteiger partial charge in [0.25, 0.3) is 5.24 Å². The number of nitrogens with zero attached hydrogens (tertiary/aromatic N) is 1. The molecule has 0 saturated carbocycles. The maximum Gasteiger partial charge on any atom is 0.300 e. The minimum Gasteiger partial charge on any atom is -0.260 e. The van der Waals surface area contributed by atoms with E-state index >= 15 is 0 Å². The Balaban J connectivity index is 3.00. The molecule has 1 amide bonds. The maximum absolute atomic E-state index is 10.2. The van der Waals surface area contributed by atoms with Crippen LogP contribution >= 0.6 is 11.8 Å². The highest BCUT2D eigenvalue weighted by Gasteiger charge is 1.92. The van der Waals surface area contributed by atoms with Gasteiger partial charge in [0.1, 0.15) is 0 Å². The fourth-order valence-corrected chi connectivity index (χ4v) is 0.452. The van der Waals surface area contributed by atoms with Crippen LogP contribution in [0, 0.1) is 0 Å². The van der Waals surface area contributed by atoms with Gasteiger partial charge in [-0.15, -0.1) is 0 Å². The van der Waals surface area contributed by atoms with Gasteiger partial charge in [-0.25, -0.2) is 5.32 Å². The molecule has 0 aliphatic rings. The molecule has 0 aromatic heterocycles. The van der Waals surface area contributed by atoms with Crippen molar-refractivity contribution < 1.29 is 4.79 Å². The van der Waals surface area contributed by atoms with Gasteiger partial charge in [-0.05, 0) is 13.2 Å². The molecule has 0 aromatic rings. The average molecular weight is 118 g/mol. The van der Waals surface area contributed by atoms with Crippen molar-refractivity contribution in [1.29, 1.82) is 0 Å². The zero-order valence-corrected chi connectivity index (χ0v) is 5.29. The highest BCUT2D eigenvalue weighted by Crippen LogP contribution is 1.91. The first-order valence-corrected chi connectivity index (χ1v) is 3.29. The molecule has 0 bridgehead atoms. The second-order valence-corrected chi connectivity index (χ2v) is 1.70. The van der Waals surface area contributed by atoms with Crippen molar-refractivity contribution >= 4 is 17.0 Å². The van der Waals surface area contributed by atoms with Crippen LogP contribution in [0.5, 0.6) is 0 Å². The zero-order chi connectivity index (χ0) is 5.70. The lowest BCUT2D eigenvalue weighted by Crippen LogP contribution is -2.07. The first-order chi connectivity index (χ1) is 3.31. The van der Waals surface area contributed by atoms with Gasteiger partial charge in [-0.1, -0.05) is 11.8 Å². The number of amides is 1. The Bertz CT molecular complexity index is 64.7. The van der Waals surface area contributed by atoms with E-state index in [0.717, 1.165) is 11.8 Å². The van der Waals surface area contributed by atoms with Crippen LogP contribution in [-0.2, 0) is 0 Å². The van der Waals surface area contributed by atoms with Gasteiger partial charge in [0.15, 0.2) is 0 Å². The van der Waals surface area contributed by atoms with E-state index in [-0.39, 0.29) is 5.24 Å². The van der Waals surface area contributed by atoms with Crippen molar-refractivity contribution in [3.05, 3.63) is 0 Å². The Kier molecular flexibility index (Phi) is 3.89. The summed E-state index contributed by atoms with van der Waals surface area (Å²) in [7, 11) is 0. The average Bonchev–Trinajstić information content (AvgIpc) is 1.68. The Labute approximate surface area is 47.7 Å². The van der Waals surface area contributed by atoms with Crippen molar-refractivity contribution in [2.45, 2.75) is 6.92 Å². The Morgan fingerprint density at radius 2 is 2.43 bits per heavy atom. The Morgan fingerprint density at radius 3 is 2.57 bits per heavy atom. The summed E-state index contributed by atoms with van der Waals surface area (Å²) >= 11 is 1.14. The fourth-order valence-electron chi connectivity index (χ4n) is 0.194. The SMILES string of the molecule is CC[N]C(=O)SC. The standard InChI is InChI=1S/C4H8NOS/c1-3-5-4(6)7-2/h3H2,1-2H3. The number of carbonyl (C=O) groups is 1. The molecule has 0 N–H and O–H groups in total. The molecule has 0 saturated heterocycles. The molecule has 2 nitrogen and oxygen atoms in total. The van der Waals surface area contributed by atoms with E-state index in [1.807, 2.05) is 6.92 Å². The highest BCUT2D eigenvalue weighted by atomic mass is 32.2. The van der Waals surface area contributed by atoms with Crippen LogP contribution in [0.1, 0.15) is 6.92 Å². The molecule has 41 valence electrons. The summed E-state index contributed by atoms with van der Waals surface area (Å²) in [5.74, 6) is 0. The largest absolute Gasteiger partial charge is 0.300 e. The van der Waals surface area contributed by atoms with Crippen molar-refractivity contribution in [2.75, 3.05) is 12.8 Å². The Morgan fingerprint density at radius 1 is 1.86 bits per heavy atom. The van der Waals surface area contributed by atoms with Crippen LogP contribution < -0.4 is 5.32 Å². The summed E-state index contributed by atoms with van der Waals surface area (Å²) in [6, 6.07) is 0. The smallest absolute Gasteiger partial charge is 0.260 e. The minimum atomic E-state index is -0.0810. The molecule has 0 aliphatic heterocycles. The molecule has 0 atom stereocenters. The number of hydrogen-bond acceptors (Lipinski definition) is 2. The lowest BCUT2D eigenvalue weighted by molar-refractivity contribution is 0.260. The quantitative estimate of drug-likeness (QED) is 0.516. The van der Waals surface area contributed by atoms with E-state index in [4.69, 9.17) is 0 Å². The molecule has 0 fully saturated rings. The number of rotatable bonds is 1. The van der Waals surface area contributed by atoms with Crippen LogP contribution in [0.25, 0.3) is 0 Å². The summed E-state index contributed by atoms with van der Waals surface area (Å²) < 4.78 is 0. The molecule has 0 heterocycles. The van der Waals surface area contributed by atoms with Crippen molar-refractivity contribution in [2.24, 2.45) is 0 Å². The zero-order valence-electron chi connectivity index (χ0n) is 4.47. The van der Waals surface area contributed by atoms with Crippen LogP contribution in [0.4, 0.5) is 4.79 Å². The van der Waals surface area contributed by atoms with E-state index < -0.39 is 0 Å². The second kappa shape index (κ2) is 3.99. The summed E-state index contributed by atoms with van der Waals surface area (Å²) in [6.07, 6.45) is 1.72. The summed E-state index contributed by atoms with van der Waals surface area (Å²) in [6.45, 7) is 2.44. The van der Waals surface area contributed by atoms with Gasteiger partial charge in [-0.2, -0.15) is 0 Å². The molecule has 7 heavy (non-hydrogen) atoms. The number of carbonyl (C=O) groups excluding carboxylic acids is 1. The van der Waals surface area contributed by atoms with Crippen LogP contribution in [0.3, 0.4) is 0 Å². The molecular formula is C4H8NOS. The van der Waals surface area contributed by atoms with E-state index in [0.29, 0.717) is 6.54 Å². The third-order valence-corrected chi connectivity index (χ3v) is 0.940. The van der Waals surface area contributed by atoms with Crippen molar-refractivity contribution in [1.82, 2.24) is 5.32 Å². The number of thioether (sulfide) groups is 1. The lowest BCUT2D eigenvalue weighted by Gasteiger charge is -1.88. The van der Waals surface area contributed by atoms with Crippen LogP contribution in [-0.4, -0.2) is 18.0 Å². The third-order valence-electron chi connectivity index (χ3n) is 0.462. The molecule has 0 aliphatic carbocycles.